The number of aryl methyl sites for hydroxylation is 2. The van der Waals surface area contributed by atoms with E-state index in [1.54, 1.807) is 23.6 Å². The first-order chi connectivity index (χ1) is 16.0. The lowest BCUT2D eigenvalue weighted by molar-refractivity contribution is 0.306. The minimum absolute atomic E-state index is 0.320. The molecule has 0 radical (unpaired) electrons. The van der Waals surface area contributed by atoms with Crippen molar-refractivity contribution in [2.75, 3.05) is 5.73 Å². The molecule has 0 saturated carbocycles. The molecule has 33 heavy (non-hydrogen) atoms. The van der Waals surface area contributed by atoms with Gasteiger partial charge in [0.2, 0.25) is 0 Å². The van der Waals surface area contributed by atoms with Gasteiger partial charge < -0.3 is 19.8 Å². The second kappa shape index (κ2) is 8.51. The van der Waals surface area contributed by atoms with Crippen LogP contribution in [-0.4, -0.2) is 19.5 Å². The normalized spacial score (nSPS) is 11.1. The van der Waals surface area contributed by atoms with E-state index in [0.717, 1.165) is 32.2 Å². The van der Waals surface area contributed by atoms with E-state index in [2.05, 4.69) is 15.0 Å². The number of rotatable bonds is 6. The van der Waals surface area contributed by atoms with Gasteiger partial charge in [0.05, 0.1) is 15.4 Å². The molecule has 0 bridgehead atoms. The third-order valence-electron chi connectivity index (χ3n) is 5.03. The summed E-state index contributed by atoms with van der Waals surface area (Å²) in [7, 11) is 0. The Morgan fingerprint density at radius 2 is 1.79 bits per heavy atom. The van der Waals surface area contributed by atoms with Crippen molar-refractivity contribution in [3.63, 3.8) is 0 Å². The van der Waals surface area contributed by atoms with Crippen LogP contribution in [0.3, 0.4) is 0 Å². The van der Waals surface area contributed by atoms with Gasteiger partial charge in [0.25, 0.3) is 0 Å². The van der Waals surface area contributed by atoms with Crippen molar-refractivity contribution in [1.82, 2.24) is 19.5 Å². The van der Waals surface area contributed by atoms with Crippen molar-refractivity contribution in [1.29, 1.82) is 0 Å². The van der Waals surface area contributed by atoms with Crippen molar-refractivity contribution < 1.29 is 13.9 Å². The quantitative estimate of drug-likeness (QED) is 0.355. The lowest BCUT2D eigenvalue weighted by atomic mass is 10.2. The fraction of sp³-hybridized carbons (Fsp3) is 0.125. The largest absolute Gasteiger partial charge is 0.488 e. The number of nitrogens with zero attached hydrogens (tertiary/aromatic N) is 4. The van der Waals surface area contributed by atoms with Crippen LogP contribution in [-0.2, 0) is 6.61 Å². The minimum atomic E-state index is -0.440. The summed E-state index contributed by atoms with van der Waals surface area (Å²) in [4.78, 5) is 13.6. The van der Waals surface area contributed by atoms with E-state index in [1.165, 1.54) is 18.5 Å². The van der Waals surface area contributed by atoms with E-state index in [0.29, 0.717) is 29.7 Å². The van der Waals surface area contributed by atoms with Crippen LogP contribution in [0.2, 0.25) is 0 Å². The predicted octanol–water partition coefficient (Wildman–Crippen LogP) is 5.59. The van der Waals surface area contributed by atoms with E-state index >= 15 is 0 Å². The van der Waals surface area contributed by atoms with Crippen LogP contribution in [0, 0.1) is 19.7 Å². The van der Waals surface area contributed by atoms with Gasteiger partial charge in [0, 0.05) is 36.3 Å². The van der Waals surface area contributed by atoms with Crippen molar-refractivity contribution in [3.05, 3.63) is 82.5 Å². The Bertz CT molecular complexity index is 1450. The third kappa shape index (κ3) is 4.35. The topological polar surface area (TPSA) is 88.1 Å². The monoisotopic (exact) mass is 461 g/mol. The second-order valence-electron chi connectivity index (χ2n) is 7.49. The minimum Gasteiger partial charge on any atom is -0.488 e. The Kier molecular flexibility index (Phi) is 5.39. The fourth-order valence-corrected chi connectivity index (χ4v) is 4.27. The maximum Gasteiger partial charge on any atom is 0.151 e. The molecule has 0 spiro atoms. The van der Waals surface area contributed by atoms with E-state index in [4.69, 9.17) is 15.2 Å². The van der Waals surface area contributed by atoms with Crippen molar-refractivity contribution in [3.8, 4) is 22.9 Å². The van der Waals surface area contributed by atoms with Crippen LogP contribution in [0.1, 0.15) is 15.4 Å². The number of fused-ring (bicyclic) bond motifs is 1. The van der Waals surface area contributed by atoms with E-state index in [1.807, 2.05) is 48.9 Å². The molecular weight excluding hydrogens is 441 g/mol. The first-order valence-electron chi connectivity index (χ1n) is 10.2. The lowest BCUT2D eigenvalue weighted by Gasteiger charge is -2.11. The summed E-state index contributed by atoms with van der Waals surface area (Å²) in [6.07, 6.45) is 5.18. The molecule has 166 valence electrons. The van der Waals surface area contributed by atoms with E-state index < -0.39 is 5.82 Å². The number of aromatic nitrogens is 4. The smallest absolute Gasteiger partial charge is 0.151 e. The molecule has 9 heteroatoms. The molecular formula is C24H20FN5O2S. The van der Waals surface area contributed by atoms with Crippen LogP contribution in [0.5, 0.6) is 17.2 Å². The maximum absolute atomic E-state index is 14.1. The van der Waals surface area contributed by atoms with Gasteiger partial charge in [0.15, 0.2) is 5.82 Å². The molecule has 0 aliphatic rings. The zero-order valence-corrected chi connectivity index (χ0v) is 18.8. The van der Waals surface area contributed by atoms with Gasteiger partial charge in [-0.15, -0.1) is 11.3 Å². The highest BCUT2D eigenvalue weighted by molar-refractivity contribution is 7.11. The number of hydrogen-bond acceptors (Lipinski definition) is 7. The summed E-state index contributed by atoms with van der Waals surface area (Å²) in [6.45, 7) is 4.22. The number of ether oxygens (including phenoxy) is 2. The molecule has 0 aliphatic heterocycles. The van der Waals surface area contributed by atoms with Gasteiger partial charge in [-0.3, -0.25) is 0 Å². The van der Waals surface area contributed by atoms with Gasteiger partial charge in [-0.1, -0.05) is 0 Å². The SMILES string of the molecule is Cc1ncc(COc2cc(F)cc(Oc3ccc(-n4cc(C)c5ncnc(N)c54)cc3)c2)s1. The molecule has 0 fully saturated rings. The Labute approximate surface area is 193 Å². The summed E-state index contributed by atoms with van der Waals surface area (Å²) in [6, 6.07) is 11.7. The molecule has 0 aliphatic carbocycles. The average molecular weight is 462 g/mol. The van der Waals surface area contributed by atoms with Gasteiger partial charge >= 0.3 is 0 Å². The summed E-state index contributed by atoms with van der Waals surface area (Å²) in [5.41, 5.74) is 9.53. The maximum atomic E-state index is 14.1. The number of benzene rings is 2. The number of thiazole rings is 1. The molecule has 0 amide bonds. The van der Waals surface area contributed by atoms with Crippen LogP contribution in [0.15, 0.2) is 61.2 Å². The number of anilines is 1. The standard InChI is InChI=1S/C24H20FN5O2S/c1-14-11-30(23-22(14)28-13-29-24(23)26)17-3-5-18(6-4-17)32-20-8-16(25)7-19(9-20)31-12-21-10-27-15(2)33-21/h3-11,13H,12H2,1-2H3,(H2,26,28,29). The summed E-state index contributed by atoms with van der Waals surface area (Å²) in [5.74, 6) is 1.26. The van der Waals surface area contributed by atoms with Gasteiger partial charge in [-0.25, -0.2) is 19.3 Å². The fourth-order valence-electron chi connectivity index (χ4n) is 3.56. The highest BCUT2D eigenvalue weighted by atomic mass is 32.1. The molecule has 0 saturated heterocycles. The zero-order chi connectivity index (χ0) is 22.9. The summed E-state index contributed by atoms with van der Waals surface area (Å²) >= 11 is 1.54. The number of halogens is 1. The van der Waals surface area contributed by atoms with E-state index in [9.17, 15) is 4.39 Å². The van der Waals surface area contributed by atoms with Crippen LogP contribution in [0.25, 0.3) is 16.7 Å². The van der Waals surface area contributed by atoms with Gasteiger partial charge in [0.1, 0.15) is 41.5 Å². The predicted molar refractivity (Wildman–Crippen MR) is 126 cm³/mol. The van der Waals surface area contributed by atoms with Gasteiger partial charge in [-0.2, -0.15) is 0 Å². The van der Waals surface area contributed by atoms with Gasteiger partial charge in [-0.05, 0) is 43.7 Å². The second-order valence-corrected chi connectivity index (χ2v) is 8.81. The lowest BCUT2D eigenvalue weighted by Crippen LogP contribution is -1.98. The van der Waals surface area contributed by atoms with Crippen LogP contribution < -0.4 is 15.2 Å². The Morgan fingerprint density at radius 3 is 2.55 bits per heavy atom. The molecule has 3 aromatic heterocycles. The van der Waals surface area contributed by atoms with Crippen molar-refractivity contribution in [2.45, 2.75) is 20.5 Å². The van der Waals surface area contributed by atoms with Crippen molar-refractivity contribution >= 4 is 28.2 Å². The highest BCUT2D eigenvalue weighted by Gasteiger charge is 2.12. The Hall–Kier alpha value is -3.98. The highest BCUT2D eigenvalue weighted by Crippen LogP contribution is 2.30. The zero-order valence-electron chi connectivity index (χ0n) is 17.9. The molecule has 7 nitrogen and oxygen atoms in total. The molecule has 0 atom stereocenters. The number of nitrogen functional groups attached to an aromatic ring is 1. The molecule has 5 aromatic rings. The van der Waals surface area contributed by atoms with E-state index in [-0.39, 0.29) is 0 Å². The van der Waals surface area contributed by atoms with Crippen LogP contribution in [0.4, 0.5) is 10.2 Å². The Balaban J connectivity index is 1.35. The number of hydrogen-bond donors (Lipinski definition) is 1. The number of nitrogens with two attached hydrogens (primary N) is 1. The third-order valence-corrected chi connectivity index (χ3v) is 5.92. The average Bonchev–Trinajstić information content (AvgIpc) is 3.36. The first-order valence-corrected chi connectivity index (χ1v) is 11.0. The molecule has 0 unspecified atom stereocenters. The molecule has 2 aromatic carbocycles. The summed E-state index contributed by atoms with van der Waals surface area (Å²) < 4.78 is 27.7. The van der Waals surface area contributed by atoms with Crippen LogP contribution >= 0.6 is 11.3 Å². The summed E-state index contributed by atoms with van der Waals surface area (Å²) in [5, 5.41) is 0.957. The molecule has 5 rings (SSSR count). The van der Waals surface area contributed by atoms with Crippen molar-refractivity contribution in [2.24, 2.45) is 0 Å². The Morgan fingerprint density at radius 1 is 1.00 bits per heavy atom. The molecule has 2 N–H and O–H groups in total. The first kappa shape index (κ1) is 20.9. The molecule has 3 heterocycles.